The van der Waals surface area contributed by atoms with Gasteiger partial charge in [0.25, 0.3) is 0 Å². The average molecular weight is 291 g/mol. The van der Waals surface area contributed by atoms with Gasteiger partial charge >= 0.3 is 5.97 Å². The fourth-order valence-corrected chi connectivity index (χ4v) is 2.55. The molecule has 20 heavy (non-hydrogen) atoms. The van der Waals surface area contributed by atoms with Gasteiger partial charge in [-0.15, -0.1) is 0 Å². The van der Waals surface area contributed by atoms with E-state index in [4.69, 9.17) is 22.1 Å². The summed E-state index contributed by atoms with van der Waals surface area (Å²) in [5, 5.41) is 15.9. The van der Waals surface area contributed by atoms with E-state index < -0.39 is 5.97 Å². The van der Waals surface area contributed by atoms with Gasteiger partial charge in [-0.05, 0) is 49.3 Å². The van der Waals surface area contributed by atoms with Gasteiger partial charge in [-0.2, -0.15) is 5.10 Å². The summed E-state index contributed by atoms with van der Waals surface area (Å²) in [6.07, 6.45) is 1.84. The smallest absolute Gasteiger partial charge is 0.335 e. The molecule has 1 aliphatic heterocycles. The highest BCUT2D eigenvalue weighted by atomic mass is 32.1. The summed E-state index contributed by atoms with van der Waals surface area (Å²) in [6, 6.07) is 6.53. The zero-order valence-electron chi connectivity index (χ0n) is 10.6. The van der Waals surface area contributed by atoms with E-state index in [2.05, 4.69) is 10.2 Å². The van der Waals surface area contributed by atoms with Crippen molar-refractivity contribution in [1.82, 2.24) is 14.8 Å². The molecule has 1 aromatic carbocycles. The van der Waals surface area contributed by atoms with Crippen LogP contribution < -0.4 is 0 Å². The summed E-state index contributed by atoms with van der Waals surface area (Å²) in [6.45, 7) is 0.724. The summed E-state index contributed by atoms with van der Waals surface area (Å²) in [7, 11) is 0. The largest absolute Gasteiger partial charge is 0.478 e. The number of nitrogens with one attached hydrogen (secondary N) is 1. The average Bonchev–Trinajstić information content (AvgIpc) is 3.07. The van der Waals surface area contributed by atoms with Crippen LogP contribution in [0.4, 0.5) is 0 Å². The van der Waals surface area contributed by atoms with E-state index in [-0.39, 0.29) is 11.7 Å². The van der Waals surface area contributed by atoms with Gasteiger partial charge in [0, 0.05) is 12.3 Å². The zero-order chi connectivity index (χ0) is 14.1. The standard InChI is InChI=1S/C13H13N3O3S/c17-12(18)8-3-5-9(6-4-8)16-11(14-15-13(16)20)10-2-1-7-19-10/h3-6,10H,1-2,7H2,(H,15,20)(H,17,18)/t10-/m0/s1. The molecule has 3 rings (SSSR count). The number of benzene rings is 1. The SMILES string of the molecule is O=C(O)c1ccc(-n2c([C@@H]3CCCO3)n[nH]c2=S)cc1. The molecule has 104 valence electrons. The second-order valence-electron chi connectivity index (χ2n) is 4.58. The fraction of sp³-hybridized carbons (Fsp3) is 0.308. The first-order chi connectivity index (χ1) is 9.66. The maximum Gasteiger partial charge on any atom is 0.335 e. The molecule has 1 atom stereocenters. The number of carbonyl (C=O) groups is 1. The number of ether oxygens (including phenoxy) is 1. The minimum atomic E-state index is -0.952. The van der Waals surface area contributed by atoms with E-state index in [0.29, 0.717) is 4.77 Å². The Morgan fingerprint density at radius 2 is 2.20 bits per heavy atom. The predicted molar refractivity (Wildman–Crippen MR) is 73.6 cm³/mol. The van der Waals surface area contributed by atoms with Crippen molar-refractivity contribution in [2.75, 3.05) is 6.61 Å². The van der Waals surface area contributed by atoms with Gasteiger partial charge in [0.1, 0.15) is 6.10 Å². The molecule has 0 unspecified atom stereocenters. The third-order valence-electron chi connectivity index (χ3n) is 3.29. The van der Waals surface area contributed by atoms with E-state index in [1.807, 2.05) is 0 Å². The number of carboxylic acids is 1. The number of hydrogen-bond acceptors (Lipinski definition) is 4. The van der Waals surface area contributed by atoms with Crippen LogP contribution in [0.15, 0.2) is 24.3 Å². The van der Waals surface area contributed by atoms with E-state index in [0.717, 1.165) is 31.0 Å². The molecule has 1 saturated heterocycles. The Bertz CT molecular complexity index is 684. The van der Waals surface area contributed by atoms with Gasteiger partial charge in [-0.25, -0.2) is 4.79 Å². The molecule has 0 aliphatic carbocycles. The minimum absolute atomic E-state index is 0.0675. The Kier molecular flexibility index (Phi) is 3.37. The molecular formula is C13H13N3O3S. The molecule has 7 heteroatoms. The first-order valence-corrected chi connectivity index (χ1v) is 6.70. The van der Waals surface area contributed by atoms with Gasteiger partial charge in [-0.1, -0.05) is 0 Å². The topological polar surface area (TPSA) is 80.1 Å². The normalized spacial score (nSPS) is 18.3. The van der Waals surface area contributed by atoms with Gasteiger partial charge in [-0.3, -0.25) is 9.67 Å². The maximum atomic E-state index is 10.9. The molecular weight excluding hydrogens is 278 g/mol. The molecule has 2 heterocycles. The molecule has 0 bridgehead atoms. The van der Waals surface area contributed by atoms with Crippen molar-refractivity contribution < 1.29 is 14.6 Å². The summed E-state index contributed by atoms with van der Waals surface area (Å²) in [5.41, 5.74) is 1.02. The Morgan fingerprint density at radius 1 is 1.45 bits per heavy atom. The molecule has 0 saturated carbocycles. The lowest BCUT2D eigenvalue weighted by Gasteiger charge is -2.11. The number of rotatable bonds is 3. The summed E-state index contributed by atoms with van der Waals surface area (Å²) >= 11 is 5.25. The highest BCUT2D eigenvalue weighted by Gasteiger charge is 2.24. The monoisotopic (exact) mass is 291 g/mol. The van der Waals surface area contributed by atoms with Crippen molar-refractivity contribution in [2.24, 2.45) is 0 Å². The Labute approximate surface area is 120 Å². The third-order valence-corrected chi connectivity index (χ3v) is 3.56. The van der Waals surface area contributed by atoms with Crippen molar-refractivity contribution >= 4 is 18.2 Å². The van der Waals surface area contributed by atoms with Gasteiger partial charge < -0.3 is 9.84 Å². The van der Waals surface area contributed by atoms with Crippen molar-refractivity contribution in [3.63, 3.8) is 0 Å². The number of nitrogens with zero attached hydrogens (tertiary/aromatic N) is 2. The van der Waals surface area contributed by atoms with Crippen molar-refractivity contribution in [1.29, 1.82) is 0 Å². The fourth-order valence-electron chi connectivity index (χ4n) is 2.31. The minimum Gasteiger partial charge on any atom is -0.478 e. The van der Waals surface area contributed by atoms with Crippen LogP contribution in [0, 0.1) is 4.77 Å². The van der Waals surface area contributed by atoms with E-state index in [9.17, 15) is 4.79 Å². The van der Waals surface area contributed by atoms with E-state index in [1.54, 1.807) is 28.8 Å². The van der Waals surface area contributed by atoms with Crippen molar-refractivity contribution in [3.05, 3.63) is 40.4 Å². The van der Waals surface area contributed by atoms with Crippen LogP contribution in [0.1, 0.15) is 35.1 Å². The molecule has 0 amide bonds. The molecule has 1 aromatic heterocycles. The van der Waals surface area contributed by atoms with Crippen LogP contribution in [0.25, 0.3) is 5.69 Å². The van der Waals surface area contributed by atoms with Crippen LogP contribution in [0.3, 0.4) is 0 Å². The Balaban J connectivity index is 2.02. The lowest BCUT2D eigenvalue weighted by Crippen LogP contribution is -2.07. The molecule has 1 fully saturated rings. The summed E-state index contributed by atoms with van der Waals surface area (Å²) in [4.78, 5) is 10.9. The lowest BCUT2D eigenvalue weighted by atomic mass is 10.2. The molecule has 0 spiro atoms. The van der Waals surface area contributed by atoms with Crippen molar-refractivity contribution in [2.45, 2.75) is 18.9 Å². The molecule has 2 aromatic rings. The lowest BCUT2D eigenvalue weighted by molar-refractivity contribution is 0.0697. The molecule has 1 aliphatic rings. The second kappa shape index (κ2) is 5.18. The van der Waals surface area contributed by atoms with E-state index >= 15 is 0 Å². The van der Waals surface area contributed by atoms with Crippen LogP contribution in [0.5, 0.6) is 0 Å². The van der Waals surface area contributed by atoms with Crippen LogP contribution in [-0.4, -0.2) is 32.4 Å². The van der Waals surface area contributed by atoms with Gasteiger partial charge in [0.2, 0.25) is 0 Å². The third kappa shape index (κ3) is 2.25. The zero-order valence-corrected chi connectivity index (χ0v) is 11.4. The first-order valence-electron chi connectivity index (χ1n) is 6.29. The highest BCUT2D eigenvalue weighted by Crippen LogP contribution is 2.28. The number of carboxylic acid groups (broad SMARTS) is 1. The summed E-state index contributed by atoms with van der Waals surface area (Å²) in [5.74, 6) is -0.220. The molecule has 0 radical (unpaired) electrons. The van der Waals surface area contributed by atoms with Crippen molar-refractivity contribution in [3.8, 4) is 5.69 Å². The quantitative estimate of drug-likeness (QED) is 0.849. The number of aromatic amines is 1. The summed E-state index contributed by atoms with van der Waals surface area (Å²) < 4.78 is 7.89. The maximum absolute atomic E-state index is 10.9. The molecule has 2 N–H and O–H groups in total. The Hall–Kier alpha value is -1.99. The predicted octanol–water partition coefficient (Wildman–Crippen LogP) is 2.48. The molecule has 6 nitrogen and oxygen atoms in total. The highest BCUT2D eigenvalue weighted by molar-refractivity contribution is 7.71. The number of aromatic carboxylic acids is 1. The number of aromatic nitrogens is 3. The van der Waals surface area contributed by atoms with Crippen LogP contribution >= 0.6 is 12.2 Å². The van der Waals surface area contributed by atoms with Gasteiger partial charge in [0.15, 0.2) is 10.6 Å². The first kappa shape index (κ1) is 13.0. The van der Waals surface area contributed by atoms with Crippen LogP contribution in [-0.2, 0) is 4.74 Å². The number of H-pyrrole nitrogens is 1. The second-order valence-corrected chi connectivity index (χ2v) is 4.96. The Morgan fingerprint density at radius 3 is 2.80 bits per heavy atom. The van der Waals surface area contributed by atoms with Gasteiger partial charge in [0.05, 0.1) is 5.56 Å². The van der Waals surface area contributed by atoms with Crippen LogP contribution in [0.2, 0.25) is 0 Å². The van der Waals surface area contributed by atoms with E-state index in [1.165, 1.54) is 0 Å². The number of hydrogen-bond donors (Lipinski definition) is 2.